The zero-order valence-corrected chi connectivity index (χ0v) is 15.1. The van der Waals surface area contributed by atoms with Gasteiger partial charge in [0.1, 0.15) is 0 Å². The van der Waals surface area contributed by atoms with Crippen LogP contribution in [0.5, 0.6) is 0 Å². The average Bonchev–Trinajstić information content (AvgIpc) is 3.24. The Hall–Kier alpha value is -2.84. The van der Waals surface area contributed by atoms with Crippen molar-refractivity contribution in [1.29, 1.82) is 0 Å². The average molecular weight is 351 g/mol. The minimum absolute atomic E-state index is 0.329. The van der Waals surface area contributed by atoms with E-state index in [2.05, 4.69) is 83.4 Å². The van der Waals surface area contributed by atoms with E-state index in [0.717, 1.165) is 6.42 Å². The van der Waals surface area contributed by atoms with Gasteiger partial charge in [0.15, 0.2) is 0 Å². The second kappa shape index (κ2) is 5.83. The summed E-state index contributed by atoms with van der Waals surface area (Å²) in [7, 11) is 0. The molecule has 3 aromatic carbocycles. The van der Waals surface area contributed by atoms with Crippen LogP contribution in [0.25, 0.3) is 33.1 Å². The van der Waals surface area contributed by atoms with Crippen LogP contribution in [0.15, 0.2) is 78.9 Å². The predicted molar refractivity (Wildman–Crippen MR) is 111 cm³/mol. The molecule has 0 saturated carbocycles. The third-order valence-electron chi connectivity index (χ3n) is 6.05. The molecule has 4 aromatic rings. The highest BCUT2D eigenvalue weighted by atomic mass is 16.5. The lowest BCUT2D eigenvalue weighted by molar-refractivity contribution is 0.0671. The molecule has 0 amide bonds. The van der Waals surface area contributed by atoms with Crippen LogP contribution in [0.3, 0.4) is 0 Å². The monoisotopic (exact) mass is 351 g/mol. The Kier molecular flexibility index (Phi) is 3.29. The molecular weight excluding hydrogens is 330 g/mol. The first kappa shape index (κ1) is 15.2. The molecule has 2 nitrogen and oxygen atoms in total. The van der Waals surface area contributed by atoms with Crippen molar-refractivity contribution < 1.29 is 4.74 Å². The summed E-state index contributed by atoms with van der Waals surface area (Å²) in [5.74, 6) is 0. The lowest BCUT2D eigenvalue weighted by atomic mass is 9.98. The van der Waals surface area contributed by atoms with Gasteiger partial charge in [0.2, 0.25) is 0 Å². The van der Waals surface area contributed by atoms with Crippen molar-refractivity contribution in [3.63, 3.8) is 0 Å². The molecule has 0 spiro atoms. The fourth-order valence-corrected chi connectivity index (χ4v) is 4.78. The van der Waals surface area contributed by atoms with Crippen molar-refractivity contribution in [2.75, 3.05) is 0 Å². The summed E-state index contributed by atoms with van der Waals surface area (Å²) < 4.78 is 8.32. The standard InChI is InChI=1S/C25H21NO/c1-3-7-24-22(5-1)23-6-2-4-8-25(23)26(24)19-11-9-17(10-12-19)18-15-20-13-14-21(16-18)27-20/h1-12,15,20-21H,13-14,16H2. The number of hydrogen-bond donors (Lipinski definition) is 0. The van der Waals surface area contributed by atoms with E-state index in [-0.39, 0.29) is 0 Å². The summed E-state index contributed by atoms with van der Waals surface area (Å²) in [6.07, 6.45) is 6.50. The molecule has 2 aliphatic rings. The van der Waals surface area contributed by atoms with Gasteiger partial charge in [-0.2, -0.15) is 0 Å². The molecule has 2 atom stereocenters. The number of fused-ring (bicyclic) bond motifs is 5. The Morgan fingerprint density at radius 1 is 0.741 bits per heavy atom. The van der Waals surface area contributed by atoms with Gasteiger partial charge < -0.3 is 9.30 Å². The van der Waals surface area contributed by atoms with Crippen molar-refractivity contribution in [3.8, 4) is 5.69 Å². The molecule has 3 heterocycles. The van der Waals surface area contributed by atoms with E-state index in [9.17, 15) is 0 Å². The number of nitrogens with zero attached hydrogens (tertiary/aromatic N) is 1. The third-order valence-corrected chi connectivity index (χ3v) is 6.05. The van der Waals surface area contributed by atoms with Crippen LogP contribution in [-0.2, 0) is 4.74 Å². The summed E-state index contributed by atoms with van der Waals surface area (Å²) in [6, 6.07) is 26.4. The van der Waals surface area contributed by atoms with Crippen LogP contribution >= 0.6 is 0 Å². The van der Waals surface area contributed by atoms with Gasteiger partial charge >= 0.3 is 0 Å². The van der Waals surface area contributed by atoms with E-state index in [4.69, 9.17) is 4.74 Å². The summed E-state index contributed by atoms with van der Waals surface area (Å²) in [5, 5.41) is 2.61. The fourth-order valence-electron chi connectivity index (χ4n) is 4.78. The molecule has 0 radical (unpaired) electrons. The molecule has 2 unspecified atom stereocenters. The molecule has 1 fully saturated rings. The van der Waals surface area contributed by atoms with Gasteiger partial charge in [0.25, 0.3) is 0 Å². The molecule has 2 bridgehead atoms. The van der Waals surface area contributed by atoms with Gasteiger partial charge in [-0.1, -0.05) is 54.6 Å². The maximum absolute atomic E-state index is 5.95. The molecule has 27 heavy (non-hydrogen) atoms. The highest BCUT2D eigenvalue weighted by Gasteiger charge is 2.29. The first-order valence-corrected chi connectivity index (χ1v) is 9.82. The van der Waals surface area contributed by atoms with Crippen LogP contribution in [0.1, 0.15) is 24.8 Å². The number of benzene rings is 3. The highest BCUT2D eigenvalue weighted by molar-refractivity contribution is 6.09. The second-order valence-electron chi connectivity index (χ2n) is 7.69. The smallest absolute Gasteiger partial charge is 0.0766 e. The normalized spacial score (nSPS) is 21.7. The fraction of sp³-hybridized carbons (Fsp3) is 0.200. The maximum atomic E-state index is 5.95. The zero-order valence-electron chi connectivity index (χ0n) is 15.1. The number of ether oxygens (including phenoxy) is 1. The maximum Gasteiger partial charge on any atom is 0.0766 e. The zero-order chi connectivity index (χ0) is 17.8. The first-order chi connectivity index (χ1) is 13.4. The van der Waals surface area contributed by atoms with Crippen LogP contribution in [0.4, 0.5) is 0 Å². The Labute approximate surface area is 158 Å². The number of aromatic nitrogens is 1. The molecule has 132 valence electrons. The number of para-hydroxylation sites is 2. The third kappa shape index (κ3) is 2.37. The van der Waals surface area contributed by atoms with Crippen molar-refractivity contribution in [2.24, 2.45) is 0 Å². The number of rotatable bonds is 2. The molecule has 2 heteroatoms. The summed E-state index contributed by atoms with van der Waals surface area (Å²) >= 11 is 0. The van der Waals surface area contributed by atoms with Gasteiger partial charge in [0, 0.05) is 16.5 Å². The quantitative estimate of drug-likeness (QED) is 0.424. The van der Waals surface area contributed by atoms with Crippen LogP contribution in [0.2, 0.25) is 0 Å². The predicted octanol–water partition coefficient (Wildman–Crippen LogP) is 6.12. The Balaban J connectivity index is 1.48. The Morgan fingerprint density at radius 3 is 2.07 bits per heavy atom. The number of hydrogen-bond acceptors (Lipinski definition) is 1. The van der Waals surface area contributed by atoms with Crippen molar-refractivity contribution in [3.05, 3.63) is 84.4 Å². The van der Waals surface area contributed by atoms with Crippen LogP contribution < -0.4 is 0 Å². The Bertz CT molecular complexity index is 1130. The first-order valence-electron chi connectivity index (χ1n) is 9.82. The SMILES string of the molecule is C1=C(c2ccc(-n3c4ccccc4c4ccccc43)cc2)CC2CCC1O2. The highest BCUT2D eigenvalue weighted by Crippen LogP contribution is 2.37. The molecule has 1 saturated heterocycles. The van der Waals surface area contributed by atoms with E-state index in [1.165, 1.54) is 51.5 Å². The summed E-state index contributed by atoms with van der Waals surface area (Å²) in [4.78, 5) is 0. The minimum Gasteiger partial charge on any atom is -0.371 e. The lowest BCUT2D eigenvalue weighted by Gasteiger charge is -2.21. The van der Waals surface area contributed by atoms with Gasteiger partial charge in [-0.15, -0.1) is 0 Å². The second-order valence-corrected chi connectivity index (χ2v) is 7.69. The molecule has 0 N–H and O–H groups in total. The van der Waals surface area contributed by atoms with Gasteiger partial charge in [0.05, 0.1) is 23.2 Å². The summed E-state index contributed by atoms with van der Waals surface area (Å²) in [5.41, 5.74) is 6.51. The molecule has 2 aliphatic heterocycles. The molecule has 1 aromatic heterocycles. The van der Waals surface area contributed by atoms with Gasteiger partial charge in [-0.3, -0.25) is 0 Å². The van der Waals surface area contributed by atoms with E-state index >= 15 is 0 Å². The largest absolute Gasteiger partial charge is 0.371 e. The van der Waals surface area contributed by atoms with Crippen LogP contribution in [-0.4, -0.2) is 16.8 Å². The topological polar surface area (TPSA) is 14.2 Å². The molecule has 6 rings (SSSR count). The van der Waals surface area contributed by atoms with E-state index in [0.29, 0.717) is 12.2 Å². The van der Waals surface area contributed by atoms with Gasteiger partial charge in [-0.25, -0.2) is 0 Å². The van der Waals surface area contributed by atoms with Gasteiger partial charge in [-0.05, 0) is 54.7 Å². The minimum atomic E-state index is 0.329. The van der Waals surface area contributed by atoms with Crippen molar-refractivity contribution in [2.45, 2.75) is 31.5 Å². The van der Waals surface area contributed by atoms with Crippen molar-refractivity contribution in [1.82, 2.24) is 4.57 Å². The van der Waals surface area contributed by atoms with E-state index in [1.54, 1.807) is 0 Å². The summed E-state index contributed by atoms with van der Waals surface area (Å²) in [6.45, 7) is 0. The lowest BCUT2D eigenvalue weighted by Crippen LogP contribution is -2.15. The molecule has 0 aliphatic carbocycles. The molecular formula is C25H21NO. The Morgan fingerprint density at radius 2 is 1.41 bits per heavy atom. The van der Waals surface area contributed by atoms with E-state index in [1.807, 2.05) is 0 Å². The van der Waals surface area contributed by atoms with Crippen molar-refractivity contribution >= 4 is 27.4 Å². The van der Waals surface area contributed by atoms with E-state index < -0.39 is 0 Å². The van der Waals surface area contributed by atoms with Crippen LogP contribution in [0, 0.1) is 0 Å².